The number of methoxy groups -OCH3 is 1. The molecular formula is C16H13FN2O3. The summed E-state index contributed by atoms with van der Waals surface area (Å²) in [7, 11) is 1.57. The van der Waals surface area contributed by atoms with Crippen molar-refractivity contribution in [1.82, 2.24) is 10.2 Å². The minimum Gasteiger partial charge on any atom is -0.493 e. The highest BCUT2D eigenvalue weighted by molar-refractivity contribution is 5.51. The Labute approximate surface area is 126 Å². The third-order valence-corrected chi connectivity index (χ3v) is 2.98. The number of nitrogens with zero attached hydrogens (tertiary/aromatic N) is 2. The highest BCUT2D eigenvalue weighted by Crippen LogP contribution is 2.27. The topological polar surface area (TPSA) is 57.4 Å². The van der Waals surface area contributed by atoms with Crippen LogP contribution in [-0.2, 0) is 6.61 Å². The van der Waals surface area contributed by atoms with Crippen LogP contribution in [0.5, 0.6) is 11.5 Å². The zero-order valence-corrected chi connectivity index (χ0v) is 11.8. The highest BCUT2D eigenvalue weighted by Gasteiger charge is 2.10. The second-order valence-corrected chi connectivity index (χ2v) is 4.45. The monoisotopic (exact) mass is 300 g/mol. The lowest BCUT2D eigenvalue weighted by Crippen LogP contribution is -1.97. The normalized spacial score (nSPS) is 10.5. The highest BCUT2D eigenvalue weighted by atomic mass is 19.1. The molecule has 2 aromatic carbocycles. The maximum Gasteiger partial charge on any atom is 0.254 e. The maximum atomic E-state index is 12.9. The second-order valence-electron chi connectivity index (χ2n) is 4.45. The van der Waals surface area contributed by atoms with E-state index < -0.39 is 0 Å². The lowest BCUT2D eigenvalue weighted by Gasteiger charge is -2.07. The number of benzene rings is 2. The van der Waals surface area contributed by atoms with Gasteiger partial charge in [-0.05, 0) is 36.4 Å². The molecule has 1 heterocycles. The molecule has 3 rings (SSSR count). The van der Waals surface area contributed by atoms with E-state index in [1.807, 2.05) is 12.1 Å². The summed E-state index contributed by atoms with van der Waals surface area (Å²) in [6.45, 7) is 0.120. The van der Waals surface area contributed by atoms with Crippen LogP contribution in [0.2, 0.25) is 0 Å². The van der Waals surface area contributed by atoms with Crippen LogP contribution >= 0.6 is 0 Å². The zero-order chi connectivity index (χ0) is 15.4. The molecule has 0 aliphatic carbocycles. The average molecular weight is 300 g/mol. The van der Waals surface area contributed by atoms with Crippen molar-refractivity contribution in [3.63, 3.8) is 0 Å². The minimum absolute atomic E-state index is 0.120. The average Bonchev–Trinajstić information content (AvgIpc) is 3.03. The van der Waals surface area contributed by atoms with Crippen LogP contribution in [0.4, 0.5) is 4.39 Å². The SMILES string of the molecule is COc1ccccc1OCc1nnc(-c2ccc(F)cc2)o1. The number of hydrogen-bond donors (Lipinski definition) is 0. The molecule has 3 aromatic rings. The summed E-state index contributed by atoms with van der Waals surface area (Å²) in [6, 6.07) is 13.1. The molecule has 0 unspecified atom stereocenters. The van der Waals surface area contributed by atoms with Gasteiger partial charge in [0.05, 0.1) is 7.11 Å². The van der Waals surface area contributed by atoms with E-state index >= 15 is 0 Å². The van der Waals surface area contributed by atoms with Gasteiger partial charge >= 0.3 is 0 Å². The van der Waals surface area contributed by atoms with Crippen molar-refractivity contribution in [2.45, 2.75) is 6.61 Å². The van der Waals surface area contributed by atoms with E-state index in [9.17, 15) is 4.39 Å². The molecular weight excluding hydrogens is 287 g/mol. The van der Waals surface area contributed by atoms with Crippen molar-refractivity contribution in [2.75, 3.05) is 7.11 Å². The number of ether oxygens (including phenoxy) is 2. The van der Waals surface area contributed by atoms with Crippen molar-refractivity contribution in [1.29, 1.82) is 0 Å². The fourth-order valence-electron chi connectivity index (χ4n) is 1.90. The van der Waals surface area contributed by atoms with E-state index in [0.717, 1.165) is 0 Å². The number of rotatable bonds is 5. The first kappa shape index (κ1) is 14.1. The van der Waals surface area contributed by atoms with Crippen LogP contribution in [0.1, 0.15) is 5.89 Å². The fraction of sp³-hybridized carbons (Fsp3) is 0.125. The Morgan fingerprint density at radius 1 is 1.00 bits per heavy atom. The van der Waals surface area contributed by atoms with Gasteiger partial charge < -0.3 is 13.9 Å². The first-order valence-electron chi connectivity index (χ1n) is 6.60. The number of para-hydroxylation sites is 2. The molecule has 22 heavy (non-hydrogen) atoms. The van der Waals surface area contributed by atoms with Gasteiger partial charge in [0.25, 0.3) is 5.89 Å². The number of halogens is 1. The molecule has 0 amide bonds. The van der Waals surface area contributed by atoms with Gasteiger partial charge in [-0.15, -0.1) is 10.2 Å². The van der Waals surface area contributed by atoms with E-state index in [1.54, 1.807) is 31.4 Å². The molecule has 0 radical (unpaired) electrons. The predicted octanol–water partition coefficient (Wildman–Crippen LogP) is 3.46. The molecule has 0 saturated heterocycles. The van der Waals surface area contributed by atoms with E-state index in [-0.39, 0.29) is 12.4 Å². The Morgan fingerprint density at radius 2 is 1.73 bits per heavy atom. The summed E-state index contributed by atoms with van der Waals surface area (Å²) < 4.78 is 29.2. The van der Waals surface area contributed by atoms with E-state index in [2.05, 4.69) is 10.2 Å². The first-order valence-corrected chi connectivity index (χ1v) is 6.60. The van der Waals surface area contributed by atoms with Crippen molar-refractivity contribution in [3.8, 4) is 23.0 Å². The van der Waals surface area contributed by atoms with E-state index in [1.165, 1.54) is 12.1 Å². The smallest absolute Gasteiger partial charge is 0.254 e. The van der Waals surface area contributed by atoms with Crippen molar-refractivity contribution in [2.24, 2.45) is 0 Å². The Hall–Kier alpha value is -2.89. The van der Waals surface area contributed by atoms with Crippen molar-refractivity contribution >= 4 is 0 Å². The standard InChI is InChI=1S/C16H13FN2O3/c1-20-13-4-2-3-5-14(13)21-10-15-18-19-16(22-15)11-6-8-12(17)9-7-11/h2-9H,10H2,1H3. The molecule has 0 aliphatic rings. The number of hydrogen-bond acceptors (Lipinski definition) is 5. The van der Waals surface area contributed by atoms with Crippen LogP contribution < -0.4 is 9.47 Å². The van der Waals surface area contributed by atoms with Gasteiger partial charge in [-0.1, -0.05) is 12.1 Å². The van der Waals surface area contributed by atoms with Crippen LogP contribution in [0.15, 0.2) is 52.9 Å². The molecule has 112 valence electrons. The van der Waals surface area contributed by atoms with Gasteiger partial charge in [-0.25, -0.2) is 4.39 Å². The van der Waals surface area contributed by atoms with Gasteiger partial charge in [-0.2, -0.15) is 0 Å². The summed E-state index contributed by atoms with van der Waals surface area (Å²) in [5.41, 5.74) is 0.650. The summed E-state index contributed by atoms with van der Waals surface area (Å²) in [6.07, 6.45) is 0. The largest absolute Gasteiger partial charge is 0.493 e. The van der Waals surface area contributed by atoms with Gasteiger partial charge in [0.1, 0.15) is 5.82 Å². The van der Waals surface area contributed by atoms with Crippen molar-refractivity contribution < 1.29 is 18.3 Å². The Bertz CT molecular complexity index is 756. The fourth-order valence-corrected chi connectivity index (χ4v) is 1.90. The molecule has 0 saturated carbocycles. The van der Waals surface area contributed by atoms with Crippen LogP contribution in [0, 0.1) is 5.82 Å². The van der Waals surface area contributed by atoms with E-state index in [4.69, 9.17) is 13.9 Å². The second kappa shape index (κ2) is 6.26. The molecule has 6 heteroatoms. The number of aromatic nitrogens is 2. The summed E-state index contributed by atoms with van der Waals surface area (Å²) >= 11 is 0. The molecule has 0 fully saturated rings. The Balaban J connectivity index is 1.71. The van der Waals surface area contributed by atoms with Crippen LogP contribution in [0.25, 0.3) is 11.5 Å². The zero-order valence-electron chi connectivity index (χ0n) is 11.8. The molecule has 0 aliphatic heterocycles. The Morgan fingerprint density at radius 3 is 2.45 bits per heavy atom. The molecule has 0 N–H and O–H groups in total. The molecule has 0 bridgehead atoms. The van der Waals surface area contributed by atoms with Crippen LogP contribution in [-0.4, -0.2) is 17.3 Å². The van der Waals surface area contributed by atoms with Gasteiger partial charge in [0.15, 0.2) is 18.1 Å². The van der Waals surface area contributed by atoms with Crippen molar-refractivity contribution in [3.05, 3.63) is 60.2 Å². The molecule has 0 atom stereocenters. The van der Waals surface area contributed by atoms with Crippen LogP contribution in [0.3, 0.4) is 0 Å². The maximum absolute atomic E-state index is 12.9. The molecule has 0 spiro atoms. The lowest BCUT2D eigenvalue weighted by molar-refractivity contribution is 0.251. The predicted molar refractivity (Wildman–Crippen MR) is 77.0 cm³/mol. The van der Waals surface area contributed by atoms with Gasteiger partial charge in [-0.3, -0.25) is 0 Å². The molecule has 5 nitrogen and oxygen atoms in total. The summed E-state index contributed by atoms with van der Waals surface area (Å²) in [5.74, 6) is 1.54. The first-order chi connectivity index (χ1) is 10.8. The Kier molecular flexibility index (Phi) is 4.00. The molecule has 1 aromatic heterocycles. The third kappa shape index (κ3) is 3.06. The minimum atomic E-state index is -0.317. The lowest BCUT2D eigenvalue weighted by atomic mass is 10.2. The quantitative estimate of drug-likeness (QED) is 0.722. The van der Waals surface area contributed by atoms with Gasteiger partial charge in [0, 0.05) is 5.56 Å². The van der Waals surface area contributed by atoms with Gasteiger partial charge in [0.2, 0.25) is 5.89 Å². The summed E-state index contributed by atoms with van der Waals surface area (Å²) in [4.78, 5) is 0. The van der Waals surface area contributed by atoms with E-state index in [0.29, 0.717) is 28.8 Å². The third-order valence-electron chi connectivity index (χ3n) is 2.98. The summed E-state index contributed by atoms with van der Waals surface area (Å²) in [5, 5.41) is 7.83.